The van der Waals surface area contributed by atoms with E-state index in [0.29, 0.717) is 11.4 Å². The van der Waals surface area contributed by atoms with Gasteiger partial charge in [0.15, 0.2) is 0 Å². The van der Waals surface area contributed by atoms with Gasteiger partial charge in [0.1, 0.15) is 16.7 Å². The number of hydrogen-bond donors (Lipinski definition) is 1. The highest BCUT2D eigenvalue weighted by Crippen LogP contribution is 2.22. The second kappa shape index (κ2) is 8.54. The highest BCUT2D eigenvalue weighted by Gasteiger charge is 2.24. The van der Waals surface area contributed by atoms with E-state index in [4.69, 9.17) is 4.74 Å². The van der Waals surface area contributed by atoms with Crippen molar-refractivity contribution in [3.05, 3.63) is 35.6 Å². The molecule has 0 radical (unpaired) electrons. The van der Waals surface area contributed by atoms with Gasteiger partial charge in [-0.1, -0.05) is 13.8 Å². The van der Waals surface area contributed by atoms with Crippen molar-refractivity contribution in [3.63, 3.8) is 0 Å². The maximum absolute atomic E-state index is 12.4. The fourth-order valence-electron chi connectivity index (χ4n) is 2.16. The molecule has 1 atom stereocenters. The summed E-state index contributed by atoms with van der Waals surface area (Å²) < 4.78 is 5.04. The molecule has 0 aliphatic carbocycles. The SMILES string of the molecule is CCOC(=O)[C@H](CC(C)C)NC(=O)c1csc(-c2cccnc2)n1. The summed E-state index contributed by atoms with van der Waals surface area (Å²) >= 11 is 1.36. The molecule has 0 bridgehead atoms. The molecular weight excluding hydrogens is 326 g/mol. The van der Waals surface area contributed by atoms with Gasteiger partial charge in [-0.25, -0.2) is 9.78 Å². The predicted molar refractivity (Wildman–Crippen MR) is 92.7 cm³/mol. The molecule has 2 heterocycles. The molecular formula is C17H21N3O3S. The number of thiazole rings is 1. The van der Waals surface area contributed by atoms with Crippen LogP contribution in [0.1, 0.15) is 37.7 Å². The number of nitrogens with zero attached hydrogens (tertiary/aromatic N) is 2. The Balaban J connectivity index is 2.09. The first-order valence-electron chi connectivity index (χ1n) is 7.84. The number of ether oxygens (including phenoxy) is 1. The Morgan fingerprint density at radius 1 is 1.38 bits per heavy atom. The van der Waals surface area contributed by atoms with Crippen LogP contribution in [0.5, 0.6) is 0 Å². The molecule has 1 amide bonds. The number of amides is 1. The lowest BCUT2D eigenvalue weighted by Gasteiger charge is -2.18. The average Bonchev–Trinajstić information content (AvgIpc) is 3.05. The van der Waals surface area contributed by atoms with Crippen molar-refractivity contribution in [1.82, 2.24) is 15.3 Å². The summed E-state index contributed by atoms with van der Waals surface area (Å²) in [5, 5.41) is 5.12. The zero-order valence-corrected chi connectivity index (χ0v) is 14.8. The Kier molecular flexibility index (Phi) is 6.43. The van der Waals surface area contributed by atoms with Crippen molar-refractivity contribution < 1.29 is 14.3 Å². The Morgan fingerprint density at radius 2 is 2.17 bits per heavy atom. The first-order valence-corrected chi connectivity index (χ1v) is 8.72. The molecule has 0 saturated heterocycles. The number of hydrogen-bond acceptors (Lipinski definition) is 6. The van der Waals surface area contributed by atoms with Crippen LogP contribution < -0.4 is 5.32 Å². The number of esters is 1. The van der Waals surface area contributed by atoms with E-state index in [0.717, 1.165) is 5.56 Å². The zero-order valence-electron chi connectivity index (χ0n) is 14.0. The van der Waals surface area contributed by atoms with Crippen molar-refractivity contribution in [3.8, 4) is 10.6 Å². The van der Waals surface area contributed by atoms with Crippen molar-refractivity contribution in [1.29, 1.82) is 0 Å². The predicted octanol–water partition coefficient (Wildman–Crippen LogP) is 2.91. The largest absolute Gasteiger partial charge is 0.464 e. The summed E-state index contributed by atoms with van der Waals surface area (Å²) in [7, 11) is 0. The molecule has 0 aliphatic rings. The maximum atomic E-state index is 12.4. The third-order valence-corrected chi connectivity index (χ3v) is 4.12. The van der Waals surface area contributed by atoms with Crippen LogP contribution in [-0.2, 0) is 9.53 Å². The molecule has 2 aromatic heterocycles. The van der Waals surface area contributed by atoms with E-state index < -0.39 is 12.0 Å². The summed E-state index contributed by atoms with van der Waals surface area (Å²) in [5.74, 6) is -0.538. The third-order valence-electron chi connectivity index (χ3n) is 3.23. The van der Waals surface area contributed by atoms with Gasteiger partial charge in [0.2, 0.25) is 0 Å². The van der Waals surface area contributed by atoms with Crippen LogP contribution in [-0.4, -0.2) is 34.5 Å². The van der Waals surface area contributed by atoms with Crippen molar-refractivity contribution >= 4 is 23.2 Å². The summed E-state index contributed by atoms with van der Waals surface area (Å²) in [6, 6.07) is 3.03. The van der Waals surface area contributed by atoms with Crippen LogP contribution in [0.2, 0.25) is 0 Å². The molecule has 0 spiro atoms. The second-order valence-electron chi connectivity index (χ2n) is 5.69. The first-order chi connectivity index (χ1) is 11.5. The van der Waals surface area contributed by atoms with Crippen LogP contribution in [0.25, 0.3) is 10.6 Å². The molecule has 0 saturated carbocycles. The van der Waals surface area contributed by atoms with Crippen LogP contribution in [0.15, 0.2) is 29.9 Å². The highest BCUT2D eigenvalue weighted by atomic mass is 32.1. The quantitative estimate of drug-likeness (QED) is 0.779. The van der Waals surface area contributed by atoms with Gasteiger partial charge in [-0.15, -0.1) is 11.3 Å². The summed E-state index contributed by atoms with van der Waals surface area (Å²) in [6.07, 6.45) is 3.89. The Labute approximate surface area is 145 Å². The lowest BCUT2D eigenvalue weighted by molar-refractivity contribution is -0.145. The molecule has 7 heteroatoms. The number of carbonyl (C=O) groups excluding carboxylic acids is 2. The molecule has 0 unspecified atom stereocenters. The number of carbonyl (C=O) groups is 2. The topological polar surface area (TPSA) is 81.2 Å². The van der Waals surface area contributed by atoms with Gasteiger partial charge in [0.25, 0.3) is 5.91 Å². The van der Waals surface area contributed by atoms with E-state index in [9.17, 15) is 9.59 Å². The van der Waals surface area contributed by atoms with E-state index in [1.807, 2.05) is 26.0 Å². The van der Waals surface area contributed by atoms with Gasteiger partial charge >= 0.3 is 5.97 Å². The van der Waals surface area contributed by atoms with E-state index in [1.165, 1.54) is 11.3 Å². The van der Waals surface area contributed by atoms with Gasteiger partial charge in [-0.2, -0.15) is 0 Å². The molecule has 1 N–H and O–H groups in total. The second-order valence-corrected chi connectivity index (χ2v) is 6.55. The lowest BCUT2D eigenvalue weighted by atomic mass is 10.0. The Hall–Kier alpha value is -2.28. The molecule has 2 aromatic rings. The maximum Gasteiger partial charge on any atom is 0.328 e. The number of pyridine rings is 1. The van der Waals surface area contributed by atoms with Crippen LogP contribution in [0.3, 0.4) is 0 Å². The van der Waals surface area contributed by atoms with Crippen molar-refractivity contribution in [2.24, 2.45) is 5.92 Å². The van der Waals surface area contributed by atoms with Crippen LogP contribution in [0.4, 0.5) is 0 Å². The molecule has 0 aromatic carbocycles. The van der Waals surface area contributed by atoms with Crippen LogP contribution in [0, 0.1) is 5.92 Å². The molecule has 2 rings (SSSR count). The Bertz CT molecular complexity index is 685. The molecule has 0 fully saturated rings. The molecule has 24 heavy (non-hydrogen) atoms. The minimum absolute atomic E-state index is 0.251. The fourth-order valence-corrected chi connectivity index (χ4v) is 2.95. The Morgan fingerprint density at radius 3 is 2.79 bits per heavy atom. The van der Waals surface area contributed by atoms with Crippen molar-refractivity contribution in [2.75, 3.05) is 6.61 Å². The van der Waals surface area contributed by atoms with Gasteiger partial charge in [0.05, 0.1) is 6.61 Å². The summed E-state index contributed by atoms with van der Waals surface area (Å²) in [4.78, 5) is 32.8. The third kappa shape index (κ3) is 4.86. The highest BCUT2D eigenvalue weighted by molar-refractivity contribution is 7.13. The monoisotopic (exact) mass is 347 g/mol. The summed E-state index contributed by atoms with van der Waals surface area (Å²) in [5.41, 5.74) is 1.14. The van der Waals surface area contributed by atoms with Gasteiger partial charge < -0.3 is 10.1 Å². The zero-order chi connectivity index (χ0) is 17.5. The van der Waals surface area contributed by atoms with Gasteiger partial charge in [0, 0.05) is 23.3 Å². The molecule has 6 nitrogen and oxygen atoms in total. The van der Waals surface area contributed by atoms with Gasteiger partial charge in [-0.3, -0.25) is 9.78 Å². The normalized spacial score (nSPS) is 12.0. The first kappa shape index (κ1) is 18.1. The van der Waals surface area contributed by atoms with E-state index in [2.05, 4.69) is 15.3 Å². The van der Waals surface area contributed by atoms with Crippen LogP contribution >= 0.6 is 11.3 Å². The standard InChI is InChI=1S/C17H21N3O3S/c1-4-23-17(22)13(8-11(2)3)19-15(21)14-10-24-16(20-14)12-6-5-7-18-9-12/h5-7,9-11,13H,4,8H2,1-3H3,(H,19,21)/t13-/m0/s1. The minimum atomic E-state index is -0.666. The lowest BCUT2D eigenvalue weighted by Crippen LogP contribution is -2.42. The van der Waals surface area contributed by atoms with E-state index >= 15 is 0 Å². The molecule has 128 valence electrons. The number of rotatable bonds is 7. The number of nitrogens with one attached hydrogen (secondary N) is 1. The minimum Gasteiger partial charge on any atom is -0.464 e. The van der Waals surface area contributed by atoms with Crippen molar-refractivity contribution in [2.45, 2.75) is 33.2 Å². The smallest absolute Gasteiger partial charge is 0.328 e. The average molecular weight is 347 g/mol. The summed E-state index contributed by atoms with van der Waals surface area (Å²) in [6.45, 7) is 6.00. The fraction of sp³-hybridized carbons (Fsp3) is 0.412. The van der Waals surface area contributed by atoms with Gasteiger partial charge in [-0.05, 0) is 31.4 Å². The number of aromatic nitrogens is 2. The molecule has 0 aliphatic heterocycles. The van der Waals surface area contributed by atoms with E-state index in [1.54, 1.807) is 24.7 Å². The van der Waals surface area contributed by atoms with E-state index in [-0.39, 0.29) is 24.1 Å².